The molecule has 1 fully saturated rings. The molecule has 0 N–H and O–H groups in total. The number of nitrogens with zero attached hydrogens (tertiary/aromatic N) is 4. The van der Waals surface area contributed by atoms with Crippen LogP contribution in [0.2, 0.25) is 5.02 Å². The van der Waals surface area contributed by atoms with Crippen LogP contribution in [-0.4, -0.2) is 40.9 Å². The van der Waals surface area contributed by atoms with Gasteiger partial charge in [-0.15, -0.1) is 0 Å². The number of hydrogen-bond donors (Lipinski definition) is 0. The van der Waals surface area contributed by atoms with E-state index in [1.54, 1.807) is 37.4 Å². The zero-order valence-electron chi connectivity index (χ0n) is 13.8. The topological polar surface area (TPSA) is 89.2 Å². The van der Waals surface area contributed by atoms with Crippen LogP contribution >= 0.6 is 11.6 Å². The Morgan fingerprint density at radius 2 is 2.04 bits per heavy atom. The Hall–Kier alpha value is -2.29. The lowest BCUT2D eigenvalue weighted by atomic mass is 10.0. The minimum atomic E-state index is -3.59. The molecule has 26 heavy (non-hydrogen) atoms. The van der Waals surface area contributed by atoms with Gasteiger partial charge >= 0.3 is 0 Å². The van der Waals surface area contributed by atoms with E-state index >= 15 is 0 Å². The first kappa shape index (κ1) is 17.1. The summed E-state index contributed by atoms with van der Waals surface area (Å²) in [4.78, 5) is 8.74. The minimum Gasteiger partial charge on any atom is -0.339 e. The zero-order valence-corrected chi connectivity index (χ0v) is 15.4. The summed E-state index contributed by atoms with van der Waals surface area (Å²) in [5, 5.41) is 4.32. The Balaban J connectivity index is 1.50. The van der Waals surface area contributed by atoms with E-state index in [2.05, 4.69) is 15.1 Å². The quantitative estimate of drug-likeness (QED) is 0.680. The summed E-state index contributed by atoms with van der Waals surface area (Å²) in [6.45, 7) is 2.33. The lowest BCUT2D eigenvalue weighted by molar-refractivity contribution is 0.216. The summed E-state index contributed by atoms with van der Waals surface area (Å²) in [6, 6.07) is 10.3. The molecule has 0 atom stereocenters. The van der Waals surface area contributed by atoms with Crippen LogP contribution in [0, 0.1) is 6.92 Å². The second-order valence-corrected chi connectivity index (χ2v) is 8.44. The summed E-state index contributed by atoms with van der Waals surface area (Å²) >= 11 is 5.95. The van der Waals surface area contributed by atoms with Gasteiger partial charge in [0.15, 0.2) is 0 Å². The van der Waals surface area contributed by atoms with Gasteiger partial charge in [0.05, 0.1) is 10.8 Å². The molecule has 0 spiro atoms. The Labute approximate surface area is 155 Å². The molecule has 1 aromatic carbocycles. The molecule has 0 aliphatic carbocycles. The van der Waals surface area contributed by atoms with Crippen LogP contribution in [0.5, 0.6) is 0 Å². The van der Waals surface area contributed by atoms with E-state index in [4.69, 9.17) is 16.1 Å². The molecular formula is C17H15ClN4O3S. The molecule has 3 aromatic rings. The smallest absolute Gasteiger partial charge is 0.243 e. The maximum atomic E-state index is 12.8. The van der Waals surface area contributed by atoms with Gasteiger partial charge in [-0.1, -0.05) is 28.9 Å². The van der Waals surface area contributed by atoms with E-state index in [9.17, 15) is 8.42 Å². The van der Waals surface area contributed by atoms with Crippen molar-refractivity contribution in [2.24, 2.45) is 0 Å². The SMILES string of the molecule is Cc1ccc(Cl)cc1S(=O)(=O)N1CC(c2nc(-c3ccccn3)no2)C1. The second kappa shape index (κ2) is 6.46. The van der Waals surface area contributed by atoms with Crippen molar-refractivity contribution in [2.75, 3.05) is 13.1 Å². The van der Waals surface area contributed by atoms with Gasteiger partial charge in [0.1, 0.15) is 5.69 Å². The molecule has 4 rings (SSSR count). The Bertz CT molecular complexity index is 1050. The molecular weight excluding hydrogens is 376 g/mol. The highest BCUT2D eigenvalue weighted by atomic mass is 35.5. The molecule has 2 aromatic heterocycles. The normalized spacial score (nSPS) is 15.8. The standard InChI is InChI=1S/C17H15ClN4O3S/c1-11-5-6-13(18)8-15(11)26(23,24)22-9-12(10-22)17-20-16(21-25-17)14-4-2-3-7-19-14/h2-8,12H,9-10H2,1H3. The van der Waals surface area contributed by atoms with E-state index in [-0.39, 0.29) is 23.9 Å². The van der Waals surface area contributed by atoms with Gasteiger partial charge in [0, 0.05) is 24.3 Å². The van der Waals surface area contributed by atoms with Gasteiger partial charge in [0.2, 0.25) is 21.7 Å². The third-order valence-corrected chi connectivity index (χ3v) is 6.51. The summed E-state index contributed by atoms with van der Waals surface area (Å²) in [6.07, 6.45) is 1.65. The average Bonchev–Trinajstić information content (AvgIpc) is 3.06. The summed E-state index contributed by atoms with van der Waals surface area (Å²) in [5.41, 5.74) is 1.27. The first-order valence-corrected chi connectivity index (χ1v) is 9.78. The fourth-order valence-electron chi connectivity index (χ4n) is 2.78. The van der Waals surface area contributed by atoms with E-state index in [1.165, 1.54) is 10.4 Å². The summed E-state index contributed by atoms with van der Waals surface area (Å²) < 4.78 is 32.2. The molecule has 7 nitrogen and oxygen atoms in total. The number of benzene rings is 1. The maximum absolute atomic E-state index is 12.8. The van der Waals surface area contributed by atoms with Crippen molar-refractivity contribution >= 4 is 21.6 Å². The van der Waals surface area contributed by atoms with E-state index in [0.29, 0.717) is 28.0 Å². The van der Waals surface area contributed by atoms with E-state index in [1.807, 2.05) is 6.07 Å². The molecule has 134 valence electrons. The average molecular weight is 391 g/mol. The van der Waals surface area contributed by atoms with Crippen LogP contribution in [0.3, 0.4) is 0 Å². The molecule has 0 bridgehead atoms. The number of sulfonamides is 1. The summed E-state index contributed by atoms with van der Waals surface area (Å²) in [5.74, 6) is 0.682. The molecule has 0 unspecified atom stereocenters. The Morgan fingerprint density at radius 1 is 1.23 bits per heavy atom. The van der Waals surface area contributed by atoms with Crippen molar-refractivity contribution in [3.63, 3.8) is 0 Å². The predicted molar refractivity (Wildman–Crippen MR) is 95.2 cm³/mol. The number of pyridine rings is 1. The number of aromatic nitrogens is 3. The van der Waals surface area contributed by atoms with Gasteiger partial charge in [-0.3, -0.25) is 4.98 Å². The molecule has 3 heterocycles. The maximum Gasteiger partial charge on any atom is 0.243 e. The number of hydrogen-bond acceptors (Lipinski definition) is 6. The first-order valence-electron chi connectivity index (χ1n) is 7.96. The fourth-order valence-corrected chi connectivity index (χ4v) is 4.80. The van der Waals surface area contributed by atoms with Crippen molar-refractivity contribution in [1.82, 2.24) is 19.4 Å². The van der Waals surface area contributed by atoms with Gasteiger partial charge < -0.3 is 4.52 Å². The van der Waals surface area contributed by atoms with Crippen molar-refractivity contribution in [2.45, 2.75) is 17.7 Å². The van der Waals surface area contributed by atoms with Crippen LogP contribution in [0.1, 0.15) is 17.4 Å². The van der Waals surface area contributed by atoms with Crippen molar-refractivity contribution < 1.29 is 12.9 Å². The van der Waals surface area contributed by atoms with E-state index in [0.717, 1.165) is 0 Å². The second-order valence-electron chi connectivity index (χ2n) is 6.10. The largest absolute Gasteiger partial charge is 0.339 e. The van der Waals surface area contributed by atoms with Gasteiger partial charge in [-0.2, -0.15) is 9.29 Å². The van der Waals surface area contributed by atoms with Crippen LogP contribution in [0.4, 0.5) is 0 Å². The number of halogens is 1. The van der Waals surface area contributed by atoms with Crippen molar-refractivity contribution in [1.29, 1.82) is 0 Å². The molecule has 0 radical (unpaired) electrons. The fraction of sp³-hybridized carbons (Fsp3) is 0.235. The molecule has 0 amide bonds. The van der Waals surface area contributed by atoms with Crippen LogP contribution < -0.4 is 0 Å². The Kier molecular flexibility index (Phi) is 4.26. The zero-order chi connectivity index (χ0) is 18.3. The molecule has 1 aliphatic heterocycles. The van der Waals surface area contributed by atoms with Crippen molar-refractivity contribution in [3.8, 4) is 11.5 Å². The van der Waals surface area contributed by atoms with Gasteiger partial charge in [-0.05, 0) is 36.8 Å². The number of aryl methyl sites for hydroxylation is 1. The lowest BCUT2D eigenvalue weighted by Crippen LogP contribution is -2.48. The third-order valence-electron chi connectivity index (χ3n) is 4.30. The highest BCUT2D eigenvalue weighted by Crippen LogP contribution is 2.33. The number of rotatable bonds is 4. The molecule has 9 heteroatoms. The van der Waals surface area contributed by atoms with Gasteiger partial charge in [0.25, 0.3) is 0 Å². The highest BCUT2D eigenvalue weighted by molar-refractivity contribution is 7.89. The first-order chi connectivity index (χ1) is 12.4. The highest BCUT2D eigenvalue weighted by Gasteiger charge is 2.41. The minimum absolute atomic E-state index is 0.130. The lowest BCUT2D eigenvalue weighted by Gasteiger charge is -2.36. The van der Waals surface area contributed by atoms with Gasteiger partial charge in [-0.25, -0.2) is 8.42 Å². The summed E-state index contributed by atoms with van der Waals surface area (Å²) in [7, 11) is -3.59. The molecule has 1 aliphatic rings. The predicted octanol–water partition coefficient (Wildman–Crippen LogP) is 2.88. The molecule has 1 saturated heterocycles. The molecule has 0 saturated carbocycles. The van der Waals surface area contributed by atoms with E-state index < -0.39 is 10.0 Å². The van der Waals surface area contributed by atoms with Crippen LogP contribution in [-0.2, 0) is 10.0 Å². The monoisotopic (exact) mass is 390 g/mol. The third kappa shape index (κ3) is 3.00. The van der Waals surface area contributed by atoms with Crippen LogP contribution in [0.25, 0.3) is 11.5 Å². The Morgan fingerprint density at radius 3 is 2.77 bits per heavy atom. The van der Waals surface area contributed by atoms with Crippen molar-refractivity contribution in [3.05, 3.63) is 59.1 Å². The van der Waals surface area contributed by atoms with Crippen LogP contribution in [0.15, 0.2) is 52.0 Å².